The molecule has 1 atom stereocenters. The number of anilines is 1. The van der Waals surface area contributed by atoms with Crippen molar-refractivity contribution in [2.75, 3.05) is 4.90 Å². The van der Waals surface area contributed by atoms with Crippen molar-refractivity contribution in [3.8, 4) is 0 Å². The summed E-state index contributed by atoms with van der Waals surface area (Å²) in [6, 6.07) is 23.0. The highest BCUT2D eigenvalue weighted by Gasteiger charge is 2.40. The van der Waals surface area contributed by atoms with Gasteiger partial charge >= 0.3 is 0 Å². The van der Waals surface area contributed by atoms with Crippen molar-refractivity contribution in [1.82, 2.24) is 0 Å². The summed E-state index contributed by atoms with van der Waals surface area (Å²) in [5.74, 6) is -1.04. The van der Waals surface area contributed by atoms with Gasteiger partial charge in [-0.15, -0.1) is 0 Å². The van der Waals surface area contributed by atoms with Crippen molar-refractivity contribution >= 4 is 17.7 Å². The number of rotatable bonds is 5. The first-order chi connectivity index (χ1) is 14.5. The second-order valence-corrected chi connectivity index (χ2v) is 7.36. The Labute approximate surface area is 175 Å². The number of carbonyl (C=O) groups excluding carboxylic acids is 1. The lowest BCUT2D eigenvalue weighted by Gasteiger charge is -2.27. The zero-order chi connectivity index (χ0) is 21.1. The van der Waals surface area contributed by atoms with Gasteiger partial charge in [0.1, 0.15) is 5.82 Å². The number of nitrogens with zero attached hydrogens (tertiary/aromatic N) is 1. The lowest BCUT2D eigenvalue weighted by atomic mass is 9.96. The predicted molar refractivity (Wildman–Crippen MR) is 118 cm³/mol. The van der Waals surface area contributed by atoms with Crippen LogP contribution in [0.25, 0.3) is 6.08 Å². The van der Waals surface area contributed by atoms with Crippen LogP contribution in [0, 0.1) is 12.7 Å². The van der Waals surface area contributed by atoms with Crippen LogP contribution in [0.2, 0.25) is 0 Å². The van der Waals surface area contributed by atoms with Gasteiger partial charge in [-0.1, -0.05) is 66.7 Å². The van der Waals surface area contributed by atoms with Crippen LogP contribution < -0.4 is 4.90 Å². The summed E-state index contributed by atoms with van der Waals surface area (Å²) < 4.78 is 13.5. The van der Waals surface area contributed by atoms with Crippen LogP contribution in [0.4, 0.5) is 10.1 Å². The summed E-state index contributed by atoms with van der Waals surface area (Å²) in [7, 11) is 0. The van der Waals surface area contributed by atoms with Gasteiger partial charge < -0.3 is 5.11 Å². The monoisotopic (exact) mass is 399 g/mol. The normalized spacial score (nSPS) is 16.7. The van der Waals surface area contributed by atoms with E-state index in [1.54, 1.807) is 17.0 Å². The highest BCUT2D eigenvalue weighted by atomic mass is 19.1. The van der Waals surface area contributed by atoms with Gasteiger partial charge in [0.25, 0.3) is 5.91 Å². The minimum absolute atomic E-state index is 0.247. The lowest BCUT2D eigenvalue weighted by molar-refractivity contribution is -0.117. The highest BCUT2D eigenvalue weighted by molar-refractivity contribution is 6.08. The molecule has 30 heavy (non-hydrogen) atoms. The van der Waals surface area contributed by atoms with Gasteiger partial charge in [-0.3, -0.25) is 9.69 Å². The molecule has 0 aromatic heterocycles. The number of amides is 1. The predicted octanol–water partition coefficient (Wildman–Crippen LogP) is 6.14. The number of hydrogen-bond acceptors (Lipinski definition) is 2. The van der Waals surface area contributed by atoms with Crippen LogP contribution >= 0.6 is 0 Å². The molecule has 0 spiro atoms. The average molecular weight is 399 g/mol. The second-order valence-electron chi connectivity index (χ2n) is 7.36. The molecule has 1 N–H and O–H groups in total. The molecular formula is C26H22FNO2. The Morgan fingerprint density at radius 2 is 1.73 bits per heavy atom. The van der Waals surface area contributed by atoms with E-state index in [-0.39, 0.29) is 11.6 Å². The van der Waals surface area contributed by atoms with E-state index in [4.69, 9.17) is 0 Å². The molecule has 0 bridgehead atoms. The van der Waals surface area contributed by atoms with E-state index in [0.717, 1.165) is 16.7 Å². The van der Waals surface area contributed by atoms with Crippen molar-refractivity contribution < 1.29 is 14.3 Å². The number of aliphatic hydroxyl groups excluding tert-OH is 1. The highest BCUT2D eigenvalue weighted by Crippen LogP contribution is 2.42. The smallest absolute Gasteiger partial charge is 0.293 e. The maximum absolute atomic E-state index is 13.5. The number of allylic oxidation sites excluding steroid dienone is 1. The third kappa shape index (κ3) is 3.90. The largest absolute Gasteiger partial charge is 0.503 e. The van der Waals surface area contributed by atoms with Crippen LogP contribution in [0.15, 0.2) is 96.3 Å². The SMILES string of the molecule is Cc1cccc(N2C(=O)C(O)=C(C/C=C/c3ccccc3)C2c2ccc(F)cc2)c1. The first-order valence-electron chi connectivity index (χ1n) is 9.84. The number of halogens is 1. The van der Waals surface area contributed by atoms with Crippen LogP contribution in [-0.4, -0.2) is 11.0 Å². The van der Waals surface area contributed by atoms with E-state index in [1.165, 1.54) is 12.1 Å². The summed E-state index contributed by atoms with van der Waals surface area (Å²) in [5.41, 5.74) is 4.09. The minimum Gasteiger partial charge on any atom is -0.503 e. The zero-order valence-corrected chi connectivity index (χ0v) is 16.6. The Kier molecular flexibility index (Phi) is 5.48. The number of benzene rings is 3. The van der Waals surface area contributed by atoms with E-state index in [0.29, 0.717) is 17.7 Å². The molecule has 0 radical (unpaired) electrons. The van der Waals surface area contributed by atoms with E-state index in [2.05, 4.69) is 0 Å². The lowest BCUT2D eigenvalue weighted by Crippen LogP contribution is -2.30. The summed E-state index contributed by atoms with van der Waals surface area (Å²) >= 11 is 0. The Balaban J connectivity index is 1.73. The number of aryl methyl sites for hydroxylation is 1. The van der Waals surface area contributed by atoms with Gasteiger partial charge in [-0.25, -0.2) is 4.39 Å². The standard InChI is InChI=1S/C26H22FNO2/c1-18-7-5-11-22(17-18)28-24(20-13-15-21(27)16-14-20)23(25(29)26(28)30)12-6-10-19-8-3-2-4-9-19/h2-11,13-17,24,29H,12H2,1H3/b10-6+. The quantitative estimate of drug-likeness (QED) is 0.560. The van der Waals surface area contributed by atoms with Gasteiger partial charge in [0, 0.05) is 11.3 Å². The van der Waals surface area contributed by atoms with Gasteiger partial charge in [-0.2, -0.15) is 0 Å². The molecule has 4 rings (SSSR count). The number of aliphatic hydroxyl groups is 1. The van der Waals surface area contributed by atoms with Crippen molar-refractivity contribution in [1.29, 1.82) is 0 Å². The van der Waals surface area contributed by atoms with Crippen molar-refractivity contribution in [2.24, 2.45) is 0 Å². The number of hydrogen-bond donors (Lipinski definition) is 1. The van der Waals surface area contributed by atoms with Crippen LogP contribution in [0.5, 0.6) is 0 Å². The van der Waals surface area contributed by atoms with E-state index in [1.807, 2.05) is 73.7 Å². The summed E-state index contributed by atoms with van der Waals surface area (Å²) in [4.78, 5) is 14.6. The summed E-state index contributed by atoms with van der Waals surface area (Å²) in [6.45, 7) is 1.95. The first kappa shape index (κ1) is 19.6. The molecule has 150 valence electrons. The van der Waals surface area contributed by atoms with Crippen molar-refractivity contribution in [3.05, 3.63) is 119 Å². The molecule has 4 heteroatoms. The fourth-order valence-corrected chi connectivity index (χ4v) is 3.79. The Morgan fingerprint density at radius 1 is 1.00 bits per heavy atom. The zero-order valence-electron chi connectivity index (χ0n) is 16.6. The molecule has 1 heterocycles. The molecule has 3 aromatic rings. The Bertz CT molecular complexity index is 1120. The molecule has 3 nitrogen and oxygen atoms in total. The third-order valence-corrected chi connectivity index (χ3v) is 5.23. The topological polar surface area (TPSA) is 40.5 Å². The van der Waals surface area contributed by atoms with E-state index < -0.39 is 11.9 Å². The Hall–Kier alpha value is -3.66. The minimum atomic E-state index is -0.500. The van der Waals surface area contributed by atoms with Gasteiger partial charge in [0.2, 0.25) is 0 Å². The molecule has 3 aromatic carbocycles. The van der Waals surface area contributed by atoms with Gasteiger partial charge in [-0.05, 0) is 54.3 Å². The summed E-state index contributed by atoms with van der Waals surface area (Å²) in [6.07, 6.45) is 4.29. The average Bonchev–Trinajstić information content (AvgIpc) is 3.00. The first-order valence-corrected chi connectivity index (χ1v) is 9.84. The van der Waals surface area contributed by atoms with Crippen molar-refractivity contribution in [2.45, 2.75) is 19.4 Å². The maximum atomic E-state index is 13.5. The summed E-state index contributed by atoms with van der Waals surface area (Å²) in [5, 5.41) is 10.7. The van der Waals surface area contributed by atoms with Crippen LogP contribution in [0.1, 0.15) is 29.2 Å². The van der Waals surface area contributed by atoms with Crippen molar-refractivity contribution in [3.63, 3.8) is 0 Å². The second kappa shape index (κ2) is 8.37. The fraction of sp³-hybridized carbons (Fsp3) is 0.115. The third-order valence-electron chi connectivity index (χ3n) is 5.23. The molecule has 1 unspecified atom stereocenters. The fourth-order valence-electron chi connectivity index (χ4n) is 3.79. The molecule has 1 amide bonds. The van der Waals surface area contributed by atoms with Crippen LogP contribution in [-0.2, 0) is 4.79 Å². The molecule has 1 aliphatic rings. The molecular weight excluding hydrogens is 377 g/mol. The van der Waals surface area contributed by atoms with Crippen LogP contribution in [0.3, 0.4) is 0 Å². The molecule has 0 aliphatic carbocycles. The van der Waals surface area contributed by atoms with Gasteiger partial charge in [0.05, 0.1) is 6.04 Å². The van der Waals surface area contributed by atoms with E-state index >= 15 is 0 Å². The van der Waals surface area contributed by atoms with E-state index in [9.17, 15) is 14.3 Å². The van der Waals surface area contributed by atoms with Gasteiger partial charge in [0.15, 0.2) is 5.76 Å². The molecule has 0 fully saturated rings. The maximum Gasteiger partial charge on any atom is 0.293 e. The number of carbonyl (C=O) groups is 1. The molecule has 0 saturated carbocycles. The molecule has 1 aliphatic heterocycles. The Morgan fingerprint density at radius 3 is 2.43 bits per heavy atom. The molecule has 0 saturated heterocycles.